The maximum atomic E-state index is 9.85. The van der Waals surface area contributed by atoms with Gasteiger partial charge in [-0.25, -0.2) is 0 Å². The molecule has 0 heterocycles. The van der Waals surface area contributed by atoms with Gasteiger partial charge >= 0.3 is 0 Å². The molecule has 0 bridgehead atoms. The molecular weight excluding hydrogens is 210 g/mol. The van der Waals surface area contributed by atoms with E-state index in [2.05, 4.69) is 13.8 Å². The first-order chi connectivity index (χ1) is 6.97. The highest BCUT2D eigenvalue weighted by molar-refractivity contribution is 6.31. The maximum absolute atomic E-state index is 9.85. The van der Waals surface area contributed by atoms with Gasteiger partial charge in [-0.3, -0.25) is 0 Å². The van der Waals surface area contributed by atoms with Gasteiger partial charge in [0.25, 0.3) is 0 Å². The number of phenols is 1. The van der Waals surface area contributed by atoms with Crippen molar-refractivity contribution in [3.8, 4) is 5.75 Å². The summed E-state index contributed by atoms with van der Waals surface area (Å²) >= 11 is 6.04. The van der Waals surface area contributed by atoms with Gasteiger partial charge in [0.2, 0.25) is 0 Å². The van der Waals surface area contributed by atoms with Crippen LogP contribution in [0.25, 0.3) is 0 Å². The molecule has 0 saturated heterocycles. The van der Waals surface area contributed by atoms with Crippen molar-refractivity contribution in [2.45, 2.75) is 26.7 Å². The van der Waals surface area contributed by atoms with Gasteiger partial charge in [0.15, 0.2) is 0 Å². The van der Waals surface area contributed by atoms with E-state index < -0.39 is 0 Å². The van der Waals surface area contributed by atoms with Crippen molar-refractivity contribution in [1.29, 1.82) is 0 Å². The molecule has 0 aromatic heterocycles. The van der Waals surface area contributed by atoms with Crippen LogP contribution in [-0.2, 0) is 0 Å². The summed E-state index contributed by atoms with van der Waals surface area (Å²) in [5.41, 5.74) is 7.45. The van der Waals surface area contributed by atoms with E-state index in [1.54, 1.807) is 6.07 Å². The van der Waals surface area contributed by atoms with Crippen LogP contribution in [0.5, 0.6) is 5.75 Å². The van der Waals surface area contributed by atoms with Gasteiger partial charge in [-0.15, -0.1) is 0 Å². The summed E-state index contributed by atoms with van der Waals surface area (Å²) in [6, 6.07) is 3.52. The molecule has 0 radical (unpaired) electrons. The number of hydrogen-bond donors (Lipinski definition) is 2. The molecule has 1 aromatic carbocycles. The first-order valence-corrected chi connectivity index (χ1v) is 5.54. The molecule has 15 heavy (non-hydrogen) atoms. The molecule has 0 amide bonds. The van der Waals surface area contributed by atoms with Crippen LogP contribution in [-0.4, -0.2) is 11.7 Å². The molecule has 0 aliphatic carbocycles. The number of phenolic OH excluding ortho intramolecular Hbond substituents is 1. The molecule has 0 saturated carbocycles. The molecule has 3 heteroatoms. The number of aromatic hydroxyl groups is 1. The zero-order valence-corrected chi connectivity index (χ0v) is 10.2. The Balaban J connectivity index is 3.18. The molecule has 2 nitrogen and oxygen atoms in total. The summed E-state index contributed by atoms with van der Waals surface area (Å²) in [5, 5.41) is 10.5. The van der Waals surface area contributed by atoms with Gasteiger partial charge in [0.1, 0.15) is 5.75 Å². The number of hydrogen-bond acceptors (Lipinski definition) is 2. The largest absolute Gasteiger partial charge is 0.508 e. The Morgan fingerprint density at radius 3 is 2.47 bits per heavy atom. The summed E-state index contributed by atoms with van der Waals surface area (Å²) in [6.07, 6.45) is 0. The highest BCUT2D eigenvalue weighted by Crippen LogP contribution is 2.34. The lowest BCUT2D eigenvalue weighted by atomic mass is 9.87. The zero-order valence-electron chi connectivity index (χ0n) is 9.42. The summed E-state index contributed by atoms with van der Waals surface area (Å²) < 4.78 is 0. The second-order valence-electron chi connectivity index (χ2n) is 4.25. The molecular formula is C12H18ClNO. The van der Waals surface area contributed by atoms with Crippen LogP contribution in [0.2, 0.25) is 5.02 Å². The minimum atomic E-state index is 0.156. The van der Waals surface area contributed by atoms with Crippen molar-refractivity contribution in [2.24, 2.45) is 11.7 Å². The Hall–Kier alpha value is -0.730. The molecule has 1 rings (SSSR count). The van der Waals surface area contributed by atoms with E-state index in [1.807, 2.05) is 13.0 Å². The van der Waals surface area contributed by atoms with Crippen LogP contribution in [0.1, 0.15) is 30.9 Å². The maximum Gasteiger partial charge on any atom is 0.119 e. The highest BCUT2D eigenvalue weighted by atomic mass is 35.5. The van der Waals surface area contributed by atoms with Gasteiger partial charge in [-0.05, 0) is 42.6 Å². The van der Waals surface area contributed by atoms with E-state index >= 15 is 0 Å². The van der Waals surface area contributed by atoms with E-state index in [9.17, 15) is 5.11 Å². The van der Waals surface area contributed by atoms with Crippen molar-refractivity contribution in [3.05, 3.63) is 28.3 Å². The number of aryl methyl sites for hydroxylation is 1. The fourth-order valence-electron chi connectivity index (χ4n) is 1.74. The molecule has 3 N–H and O–H groups in total. The molecule has 0 aliphatic heterocycles. The minimum Gasteiger partial charge on any atom is -0.508 e. The molecule has 0 spiro atoms. The van der Waals surface area contributed by atoms with Crippen LogP contribution in [0.4, 0.5) is 0 Å². The van der Waals surface area contributed by atoms with Gasteiger partial charge in [0, 0.05) is 10.9 Å². The first-order valence-electron chi connectivity index (χ1n) is 5.16. The quantitative estimate of drug-likeness (QED) is 0.834. The molecule has 1 aromatic rings. The topological polar surface area (TPSA) is 46.2 Å². The number of nitrogens with two attached hydrogens (primary N) is 1. The summed E-state index contributed by atoms with van der Waals surface area (Å²) in [7, 11) is 0. The monoisotopic (exact) mass is 227 g/mol. The second-order valence-corrected chi connectivity index (χ2v) is 4.65. The average molecular weight is 228 g/mol. The summed E-state index contributed by atoms with van der Waals surface area (Å²) in [4.78, 5) is 0. The summed E-state index contributed by atoms with van der Waals surface area (Å²) in [5.74, 6) is 0.837. The number of halogens is 1. The second kappa shape index (κ2) is 4.86. The molecule has 1 atom stereocenters. The third kappa shape index (κ3) is 2.64. The lowest BCUT2D eigenvalue weighted by Gasteiger charge is -2.21. The number of benzene rings is 1. The first kappa shape index (κ1) is 12.3. The molecule has 84 valence electrons. The predicted octanol–water partition coefficient (Wildman–Crippen LogP) is 3.05. The lowest BCUT2D eigenvalue weighted by Crippen LogP contribution is -2.18. The van der Waals surface area contributed by atoms with Crippen LogP contribution in [0, 0.1) is 12.8 Å². The highest BCUT2D eigenvalue weighted by Gasteiger charge is 2.18. The van der Waals surface area contributed by atoms with Gasteiger partial charge in [0.05, 0.1) is 0 Å². The van der Waals surface area contributed by atoms with Crippen LogP contribution in [0.3, 0.4) is 0 Å². The van der Waals surface area contributed by atoms with Gasteiger partial charge in [-0.1, -0.05) is 25.4 Å². The Bertz CT molecular complexity index is 350. The fourth-order valence-corrected chi connectivity index (χ4v) is 1.91. The normalized spacial score (nSPS) is 13.2. The third-order valence-corrected chi connectivity index (χ3v) is 3.17. The van der Waals surface area contributed by atoms with E-state index in [0.717, 1.165) is 11.1 Å². The summed E-state index contributed by atoms with van der Waals surface area (Å²) in [6.45, 7) is 6.57. The van der Waals surface area contributed by atoms with Crippen molar-refractivity contribution >= 4 is 11.6 Å². The SMILES string of the molecule is Cc1cc(O)c(C(CN)C(C)C)cc1Cl. The Kier molecular flexibility index (Phi) is 4.00. The van der Waals surface area contributed by atoms with Crippen molar-refractivity contribution in [2.75, 3.05) is 6.54 Å². The van der Waals surface area contributed by atoms with E-state index in [-0.39, 0.29) is 5.92 Å². The van der Waals surface area contributed by atoms with E-state index in [0.29, 0.717) is 23.2 Å². The van der Waals surface area contributed by atoms with Crippen LogP contribution in [0.15, 0.2) is 12.1 Å². The van der Waals surface area contributed by atoms with Crippen molar-refractivity contribution < 1.29 is 5.11 Å². The Morgan fingerprint density at radius 2 is 2.00 bits per heavy atom. The number of rotatable bonds is 3. The molecule has 0 fully saturated rings. The lowest BCUT2D eigenvalue weighted by molar-refractivity contribution is 0.437. The molecule has 1 unspecified atom stereocenters. The van der Waals surface area contributed by atoms with Crippen LogP contribution >= 0.6 is 11.6 Å². The van der Waals surface area contributed by atoms with E-state index in [1.165, 1.54) is 0 Å². The smallest absolute Gasteiger partial charge is 0.119 e. The Morgan fingerprint density at radius 1 is 1.40 bits per heavy atom. The van der Waals surface area contributed by atoms with Gasteiger partial charge < -0.3 is 10.8 Å². The van der Waals surface area contributed by atoms with Crippen LogP contribution < -0.4 is 5.73 Å². The van der Waals surface area contributed by atoms with Crippen molar-refractivity contribution in [3.63, 3.8) is 0 Å². The zero-order chi connectivity index (χ0) is 11.6. The fraction of sp³-hybridized carbons (Fsp3) is 0.500. The molecule has 0 aliphatic rings. The third-order valence-electron chi connectivity index (χ3n) is 2.77. The minimum absolute atomic E-state index is 0.156. The van der Waals surface area contributed by atoms with E-state index in [4.69, 9.17) is 17.3 Å². The van der Waals surface area contributed by atoms with Crippen molar-refractivity contribution in [1.82, 2.24) is 0 Å². The van der Waals surface area contributed by atoms with Gasteiger partial charge in [-0.2, -0.15) is 0 Å². The predicted molar refractivity (Wildman–Crippen MR) is 64.5 cm³/mol. The Labute approximate surface area is 96.1 Å². The average Bonchev–Trinajstić information content (AvgIpc) is 2.14. The standard InChI is InChI=1S/C12H18ClNO/c1-7(2)10(6-14)9-5-11(13)8(3)4-12(9)15/h4-5,7,10,15H,6,14H2,1-3H3.